The molecule has 0 fully saturated rings. The number of aliphatic carboxylic acids is 2. The molecule has 0 amide bonds. The van der Waals surface area contributed by atoms with E-state index in [9.17, 15) is 9.59 Å². The van der Waals surface area contributed by atoms with Gasteiger partial charge in [0.05, 0.1) is 5.92 Å². The SMILES string of the molecule is CC(CCCCCCCCCCCCC(=O)O)C(=O)O.Cl.Cl. The van der Waals surface area contributed by atoms with Crippen molar-refractivity contribution in [3.05, 3.63) is 0 Å². The Hall–Kier alpha value is -0.480. The van der Waals surface area contributed by atoms with Crippen LogP contribution in [0.25, 0.3) is 0 Å². The lowest BCUT2D eigenvalue weighted by atomic mass is 10.0. The molecule has 134 valence electrons. The lowest BCUT2D eigenvalue weighted by Crippen LogP contribution is -2.08. The molecule has 0 aliphatic heterocycles. The van der Waals surface area contributed by atoms with Gasteiger partial charge in [-0.05, 0) is 12.8 Å². The maximum absolute atomic E-state index is 10.6. The third-order valence-corrected chi connectivity index (χ3v) is 3.70. The Labute approximate surface area is 146 Å². The lowest BCUT2D eigenvalue weighted by Gasteiger charge is -2.05. The molecule has 0 spiro atoms. The van der Waals surface area contributed by atoms with Crippen LogP contribution in [0.4, 0.5) is 0 Å². The molecule has 0 rings (SSSR count). The molecule has 0 aromatic heterocycles. The average molecular weight is 359 g/mol. The molecule has 6 heteroatoms. The molecular formula is C16H32Cl2O4. The highest BCUT2D eigenvalue weighted by Crippen LogP contribution is 2.14. The van der Waals surface area contributed by atoms with Crippen LogP contribution in [0.2, 0.25) is 0 Å². The van der Waals surface area contributed by atoms with Gasteiger partial charge < -0.3 is 10.2 Å². The maximum Gasteiger partial charge on any atom is 0.306 e. The standard InChI is InChI=1S/C16H30O4.2ClH/c1-14(16(19)20)12-10-8-6-4-2-3-5-7-9-11-13-15(17)18;;/h14H,2-13H2,1H3,(H,17,18)(H,19,20);2*1H. The van der Waals surface area contributed by atoms with E-state index in [-0.39, 0.29) is 30.7 Å². The van der Waals surface area contributed by atoms with Crippen molar-refractivity contribution < 1.29 is 19.8 Å². The van der Waals surface area contributed by atoms with Crippen LogP contribution < -0.4 is 0 Å². The Balaban J connectivity index is -0.00000180. The zero-order chi connectivity index (χ0) is 15.2. The first-order chi connectivity index (χ1) is 9.54. The van der Waals surface area contributed by atoms with E-state index in [4.69, 9.17) is 10.2 Å². The zero-order valence-electron chi connectivity index (χ0n) is 13.6. The van der Waals surface area contributed by atoms with Crippen LogP contribution in [0.3, 0.4) is 0 Å². The minimum atomic E-state index is -0.692. The summed E-state index contributed by atoms with van der Waals surface area (Å²) in [5.41, 5.74) is 0. The summed E-state index contributed by atoms with van der Waals surface area (Å²) < 4.78 is 0. The highest BCUT2D eigenvalue weighted by molar-refractivity contribution is 5.85. The molecule has 0 radical (unpaired) electrons. The van der Waals surface area contributed by atoms with Gasteiger partial charge in [-0.2, -0.15) is 0 Å². The molecule has 22 heavy (non-hydrogen) atoms. The molecule has 0 aromatic rings. The molecule has 0 saturated heterocycles. The van der Waals surface area contributed by atoms with Gasteiger partial charge in [0.2, 0.25) is 0 Å². The summed E-state index contributed by atoms with van der Waals surface area (Å²) in [5, 5.41) is 17.2. The molecule has 0 saturated carbocycles. The van der Waals surface area contributed by atoms with Crippen molar-refractivity contribution in [3.8, 4) is 0 Å². The number of carbonyl (C=O) groups is 2. The number of halogens is 2. The average Bonchev–Trinajstić information content (AvgIpc) is 2.39. The van der Waals surface area contributed by atoms with Crippen molar-refractivity contribution in [2.45, 2.75) is 84.0 Å². The highest BCUT2D eigenvalue weighted by atomic mass is 35.5. The van der Waals surface area contributed by atoms with E-state index in [1.54, 1.807) is 6.92 Å². The van der Waals surface area contributed by atoms with Crippen molar-refractivity contribution in [3.63, 3.8) is 0 Å². The summed E-state index contributed by atoms with van der Waals surface area (Å²) in [4.78, 5) is 20.9. The van der Waals surface area contributed by atoms with Crippen molar-refractivity contribution in [2.75, 3.05) is 0 Å². The summed E-state index contributed by atoms with van der Waals surface area (Å²) in [7, 11) is 0. The first-order valence-electron chi connectivity index (χ1n) is 7.98. The largest absolute Gasteiger partial charge is 0.481 e. The number of rotatable bonds is 14. The minimum Gasteiger partial charge on any atom is -0.481 e. The Kier molecular flexibility index (Phi) is 22.3. The highest BCUT2D eigenvalue weighted by Gasteiger charge is 2.09. The number of hydrogen-bond acceptors (Lipinski definition) is 2. The van der Waals surface area contributed by atoms with Crippen LogP contribution in [0.15, 0.2) is 0 Å². The van der Waals surface area contributed by atoms with Gasteiger partial charge in [-0.1, -0.05) is 64.7 Å². The van der Waals surface area contributed by atoms with Gasteiger partial charge in [-0.3, -0.25) is 9.59 Å². The van der Waals surface area contributed by atoms with Crippen molar-refractivity contribution in [2.24, 2.45) is 5.92 Å². The van der Waals surface area contributed by atoms with Gasteiger partial charge >= 0.3 is 11.9 Å². The summed E-state index contributed by atoms with van der Waals surface area (Å²) >= 11 is 0. The van der Waals surface area contributed by atoms with Gasteiger partial charge in [0.1, 0.15) is 0 Å². The maximum atomic E-state index is 10.6. The quantitative estimate of drug-likeness (QED) is 0.412. The monoisotopic (exact) mass is 358 g/mol. The fourth-order valence-electron chi connectivity index (χ4n) is 2.26. The molecule has 0 heterocycles. The predicted octanol–water partition coefficient (Wildman–Crippen LogP) is 5.32. The second kappa shape index (κ2) is 18.6. The third-order valence-electron chi connectivity index (χ3n) is 3.70. The van der Waals surface area contributed by atoms with Gasteiger partial charge in [0.15, 0.2) is 0 Å². The smallest absolute Gasteiger partial charge is 0.306 e. The Morgan fingerprint density at radius 3 is 1.45 bits per heavy atom. The van der Waals surface area contributed by atoms with E-state index in [0.717, 1.165) is 38.5 Å². The van der Waals surface area contributed by atoms with Crippen molar-refractivity contribution in [1.29, 1.82) is 0 Å². The molecule has 0 aromatic carbocycles. The van der Waals surface area contributed by atoms with E-state index in [0.29, 0.717) is 6.42 Å². The van der Waals surface area contributed by atoms with E-state index >= 15 is 0 Å². The topological polar surface area (TPSA) is 74.6 Å². The Morgan fingerprint density at radius 2 is 1.09 bits per heavy atom. The second-order valence-corrected chi connectivity index (χ2v) is 5.71. The number of unbranched alkanes of at least 4 members (excludes halogenated alkanes) is 9. The molecule has 1 atom stereocenters. The minimum absolute atomic E-state index is 0. The predicted molar refractivity (Wildman–Crippen MR) is 94.3 cm³/mol. The fourth-order valence-corrected chi connectivity index (χ4v) is 2.26. The van der Waals surface area contributed by atoms with Crippen LogP contribution in [0.1, 0.15) is 84.0 Å². The van der Waals surface area contributed by atoms with Gasteiger partial charge in [0, 0.05) is 6.42 Å². The van der Waals surface area contributed by atoms with Crippen LogP contribution >= 0.6 is 24.8 Å². The summed E-state index contributed by atoms with van der Waals surface area (Å²) in [6.07, 6.45) is 12.3. The fraction of sp³-hybridized carbons (Fsp3) is 0.875. The number of carboxylic acid groups (broad SMARTS) is 2. The number of carboxylic acids is 2. The summed E-state index contributed by atoms with van der Waals surface area (Å²) in [5.74, 6) is -1.59. The van der Waals surface area contributed by atoms with Gasteiger partial charge in [-0.15, -0.1) is 24.8 Å². The summed E-state index contributed by atoms with van der Waals surface area (Å²) in [6.45, 7) is 1.77. The second-order valence-electron chi connectivity index (χ2n) is 5.71. The van der Waals surface area contributed by atoms with E-state index < -0.39 is 11.9 Å². The molecular weight excluding hydrogens is 327 g/mol. The molecule has 4 nitrogen and oxygen atoms in total. The lowest BCUT2D eigenvalue weighted by molar-refractivity contribution is -0.141. The first kappa shape index (κ1) is 26.4. The van der Waals surface area contributed by atoms with Gasteiger partial charge in [0.25, 0.3) is 0 Å². The first-order valence-corrected chi connectivity index (χ1v) is 7.98. The van der Waals surface area contributed by atoms with Crippen LogP contribution in [-0.2, 0) is 9.59 Å². The molecule has 1 unspecified atom stereocenters. The van der Waals surface area contributed by atoms with Crippen LogP contribution in [0.5, 0.6) is 0 Å². The summed E-state index contributed by atoms with van der Waals surface area (Å²) in [6, 6.07) is 0. The zero-order valence-corrected chi connectivity index (χ0v) is 15.2. The Bertz CT molecular complexity index is 273. The van der Waals surface area contributed by atoms with Crippen molar-refractivity contribution in [1.82, 2.24) is 0 Å². The Morgan fingerprint density at radius 1 is 0.727 bits per heavy atom. The molecule has 0 aliphatic carbocycles. The molecule has 0 aliphatic rings. The van der Waals surface area contributed by atoms with Crippen LogP contribution in [0, 0.1) is 5.92 Å². The van der Waals surface area contributed by atoms with E-state index in [1.807, 2.05) is 0 Å². The van der Waals surface area contributed by atoms with E-state index in [2.05, 4.69) is 0 Å². The molecule has 0 bridgehead atoms. The van der Waals surface area contributed by atoms with E-state index in [1.165, 1.54) is 32.1 Å². The van der Waals surface area contributed by atoms with Gasteiger partial charge in [-0.25, -0.2) is 0 Å². The third kappa shape index (κ3) is 19.5. The molecule has 2 N–H and O–H groups in total. The number of hydrogen-bond donors (Lipinski definition) is 2. The normalized spacial score (nSPS) is 11.1. The van der Waals surface area contributed by atoms with Crippen LogP contribution in [-0.4, -0.2) is 22.2 Å². The van der Waals surface area contributed by atoms with Crippen molar-refractivity contribution >= 4 is 36.8 Å².